The quantitative estimate of drug-likeness (QED) is 0.372. The van der Waals surface area contributed by atoms with Gasteiger partial charge in [0.1, 0.15) is 5.78 Å². The van der Waals surface area contributed by atoms with Crippen LogP contribution in [0.5, 0.6) is 0 Å². The smallest absolute Gasteiger partial charge is 0.253 e. The van der Waals surface area contributed by atoms with Crippen molar-refractivity contribution >= 4 is 23.5 Å². The van der Waals surface area contributed by atoms with E-state index < -0.39 is 5.60 Å². The number of nitrogens with one attached hydrogen (secondary N) is 1. The second-order valence-corrected chi connectivity index (χ2v) is 8.66. The first-order valence-electron chi connectivity index (χ1n) is 11.1. The molecule has 1 aliphatic rings. The first kappa shape index (κ1) is 27.0. The van der Waals surface area contributed by atoms with Crippen molar-refractivity contribution in [2.24, 2.45) is 0 Å². The van der Waals surface area contributed by atoms with Gasteiger partial charge in [-0.05, 0) is 40.0 Å². The number of rotatable bonds is 16. The average Bonchev–Trinajstić information content (AvgIpc) is 3.03. The van der Waals surface area contributed by atoms with Gasteiger partial charge in [0, 0.05) is 44.5 Å². The van der Waals surface area contributed by atoms with Gasteiger partial charge >= 0.3 is 0 Å². The van der Waals surface area contributed by atoms with Gasteiger partial charge in [-0.2, -0.15) is 0 Å². The van der Waals surface area contributed by atoms with E-state index in [0.717, 1.165) is 11.3 Å². The van der Waals surface area contributed by atoms with E-state index in [1.807, 2.05) is 27.7 Å². The van der Waals surface area contributed by atoms with E-state index in [9.17, 15) is 19.2 Å². The van der Waals surface area contributed by atoms with Crippen LogP contribution < -0.4 is 5.32 Å². The van der Waals surface area contributed by atoms with Crippen LogP contribution in [0.15, 0.2) is 12.2 Å². The molecule has 0 spiro atoms. The van der Waals surface area contributed by atoms with E-state index in [4.69, 9.17) is 9.47 Å². The Kier molecular flexibility index (Phi) is 11.1. The number of hydrogen-bond acceptors (Lipinski definition) is 6. The van der Waals surface area contributed by atoms with Crippen molar-refractivity contribution in [3.63, 3.8) is 0 Å². The molecule has 31 heavy (non-hydrogen) atoms. The van der Waals surface area contributed by atoms with Gasteiger partial charge in [0.15, 0.2) is 0 Å². The van der Waals surface area contributed by atoms with Crippen LogP contribution in [0.4, 0.5) is 0 Å². The molecule has 8 nitrogen and oxygen atoms in total. The first-order chi connectivity index (χ1) is 14.5. The van der Waals surface area contributed by atoms with Crippen LogP contribution in [-0.4, -0.2) is 65.9 Å². The highest BCUT2D eigenvalue weighted by Gasteiger charge is 2.26. The van der Waals surface area contributed by atoms with Gasteiger partial charge in [-0.3, -0.25) is 24.1 Å². The number of Topliss-reactive ketones (excluding diaryl/α,β-unsaturated/α-hetero) is 1. The molecule has 0 bridgehead atoms. The van der Waals surface area contributed by atoms with Crippen molar-refractivity contribution < 1.29 is 28.7 Å². The molecule has 1 N–H and O–H groups in total. The number of carbonyl (C=O) groups excluding carboxylic acids is 4. The van der Waals surface area contributed by atoms with Gasteiger partial charge in [-0.25, -0.2) is 0 Å². The molecule has 3 amide bonds. The van der Waals surface area contributed by atoms with Gasteiger partial charge in [-0.15, -0.1) is 0 Å². The highest BCUT2D eigenvalue weighted by molar-refractivity contribution is 6.13. The summed E-state index contributed by atoms with van der Waals surface area (Å²) in [5.41, 5.74) is -0.761. The molecule has 0 fully saturated rings. The third-order valence-corrected chi connectivity index (χ3v) is 5.61. The lowest BCUT2D eigenvalue weighted by atomic mass is 9.98. The largest absolute Gasteiger partial charge is 0.375 e. The number of amides is 3. The van der Waals surface area contributed by atoms with Crippen molar-refractivity contribution in [1.29, 1.82) is 0 Å². The molecule has 176 valence electrons. The van der Waals surface area contributed by atoms with Crippen LogP contribution in [-0.2, 0) is 28.7 Å². The molecule has 1 heterocycles. The minimum absolute atomic E-state index is 0.0766. The van der Waals surface area contributed by atoms with E-state index in [1.165, 1.54) is 12.2 Å². The van der Waals surface area contributed by atoms with Crippen LogP contribution in [0.2, 0.25) is 0 Å². The summed E-state index contributed by atoms with van der Waals surface area (Å²) in [6.45, 7) is 11.3. The Hall–Kier alpha value is -2.06. The summed E-state index contributed by atoms with van der Waals surface area (Å²) in [6, 6.07) is 0. The molecule has 1 unspecified atom stereocenters. The lowest BCUT2D eigenvalue weighted by Crippen LogP contribution is -2.37. The molecule has 8 heteroatoms. The van der Waals surface area contributed by atoms with Crippen LogP contribution in [0.3, 0.4) is 0 Å². The Balaban J connectivity index is 2.26. The highest BCUT2D eigenvalue weighted by Crippen LogP contribution is 2.23. The predicted octanol–water partition coefficient (Wildman–Crippen LogP) is 2.55. The minimum Gasteiger partial charge on any atom is -0.375 e. The zero-order valence-corrected chi connectivity index (χ0v) is 19.6. The fourth-order valence-electron chi connectivity index (χ4n) is 3.01. The van der Waals surface area contributed by atoms with Crippen molar-refractivity contribution in [1.82, 2.24) is 10.2 Å². The molecule has 1 rings (SSSR count). The fraction of sp³-hybridized carbons (Fsp3) is 0.739. The molecule has 1 atom stereocenters. The summed E-state index contributed by atoms with van der Waals surface area (Å²) in [6.07, 6.45) is 5.62. The summed E-state index contributed by atoms with van der Waals surface area (Å²) in [4.78, 5) is 47.5. The molecule has 0 radical (unpaired) electrons. The van der Waals surface area contributed by atoms with Gasteiger partial charge in [0.2, 0.25) is 5.91 Å². The first-order valence-corrected chi connectivity index (χ1v) is 11.1. The maximum absolute atomic E-state index is 12.0. The monoisotopic (exact) mass is 438 g/mol. The van der Waals surface area contributed by atoms with Crippen molar-refractivity contribution in [2.45, 2.75) is 84.3 Å². The topological polar surface area (TPSA) is 102 Å². The van der Waals surface area contributed by atoms with Crippen molar-refractivity contribution in [2.75, 3.05) is 26.3 Å². The van der Waals surface area contributed by atoms with E-state index in [-0.39, 0.29) is 42.1 Å². The predicted molar refractivity (Wildman–Crippen MR) is 117 cm³/mol. The number of imide groups is 1. The second-order valence-electron chi connectivity index (χ2n) is 8.66. The third kappa shape index (κ3) is 10.2. The fourth-order valence-corrected chi connectivity index (χ4v) is 3.01. The average molecular weight is 439 g/mol. The van der Waals surface area contributed by atoms with Crippen LogP contribution in [0.25, 0.3) is 0 Å². The maximum atomic E-state index is 12.0. The lowest BCUT2D eigenvalue weighted by molar-refractivity contribution is -0.137. The Morgan fingerprint density at radius 3 is 2.19 bits per heavy atom. The molecule has 0 aromatic carbocycles. The number of ketones is 1. The second kappa shape index (κ2) is 12.7. The van der Waals surface area contributed by atoms with Gasteiger partial charge < -0.3 is 14.8 Å². The summed E-state index contributed by atoms with van der Waals surface area (Å²) < 4.78 is 12.0. The SMILES string of the molecule is CCC(=O)CCOC(C)(CC)CCOC(C)(C)CCNC(=O)CCN1C(=O)C=CC1=O. The van der Waals surface area contributed by atoms with E-state index in [2.05, 4.69) is 12.2 Å². The molecule has 0 saturated heterocycles. The number of nitrogens with zero attached hydrogens (tertiary/aromatic N) is 1. The summed E-state index contributed by atoms with van der Waals surface area (Å²) >= 11 is 0. The molecule has 0 aromatic heterocycles. The van der Waals surface area contributed by atoms with Crippen molar-refractivity contribution in [3.8, 4) is 0 Å². The Morgan fingerprint density at radius 1 is 0.968 bits per heavy atom. The van der Waals surface area contributed by atoms with Crippen LogP contribution in [0, 0.1) is 0 Å². The van der Waals surface area contributed by atoms with E-state index in [0.29, 0.717) is 45.4 Å². The third-order valence-electron chi connectivity index (χ3n) is 5.61. The summed E-state index contributed by atoms with van der Waals surface area (Å²) in [7, 11) is 0. The zero-order valence-electron chi connectivity index (χ0n) is 19.6. The highest BCUT2D eigenvalue weighted by atomic mass is 16.5. The summed E-state index contributed by atoms with van der Waals surface area (Å²) in [5.74, 6) is -0.773. The minimum atomic E-state index is -0.426. The number of ether oxygens (including phenoxy) is 2. The molecular formula is C23H38N2O6. The van der Waals surface area contributed by atoms with E-state index in [1.54, 1.807) is 0 Å². The van der Waals surface area contributed by atoms with Crippen molar-refractivity contribution in [3.05, 3.63) is 12.2 Å². The Labute approximate surface area is 185 Å². The molecular weight excluding hydrogens is 400 g/mol. The lowest BCUT2D eigenvalue weighted by Gasteiger charge is -2.31. The maximum Gasteiger partial charge on any atom is 0.253 e. The number of hydrogen-bond donors (Lipinski definition) is 1. The van der Waals surface area contributed by atoms with Gasteiger partial charge in [0.05, 0.1) is 24.4 Å². The van der Waals surface area contributed by atoms with Crippen LogP contribution in [0.1, 0.15) is 73.1 Å². The summed E-state index contributed by atoms with van der Waals surface area (Å²) in [5, 5.41) is 2.81. The molecule has 1 aliphatic heterocycles. The van der Waals surface area contributed by atoms with Gasteiger partial charge in [0.25, 0.3) is 11.8 Å². The molecule has 0 aromatic rings. The standard InChI is InChI=1S/C23H38N2O6/c1-6-18(26)11-16-31-23(5,7-2)13-17-30-22(3,4)12-14-24-19(27)10-15-25-20(28)8-9-21(25)29/h8-9H,6-7,10-17H2,1-5H3,(H,24,27). The van der Waals surface area contributed by atoms with Gasteiger partial charge in [-0.1, -0.05) is 13.8 Å². The normalized spacial score (nSPS) is 16.0. The Bertz CT molecular complexity index is 655. The molecule has 0 aliphatic carbocycles. The van der Waals surface area contributed by atoms with Crippen LogP contribution >= 0.6 is 0 Å². The Morgan fingerprint density at radius 2 is 1.61 bits per heavy atom. The van der Waals surface area contributed by atoms with E-state index >= 15 is 0 Å². The number of carbonyl (C=O) groups is 4. The molecule has 0 saturated carbocycles. The zero-order chi connectivity index (χ0) is 23.5.